The van der Waals surface area contributed by atoms with Crippen molar-refractivity contribution in [2.75, 3.05) is 20.7 Å². The highest BCUT2D eigenvalue weighted by Crippen LogP contribution is 2.48. The molecule has 0 spiro atoms. The van der Waals surface area contributed by atoms with E-state index >= 15 is 0 Å². The Balaban J connectivity index is 1.90. The second-order valence-electron chi connectivity index (χ2n) is 5.76. The zero-order valence-electron chi connectivity index (χ0n) is 11.4. The number of ether oxygens (including phenoxy) is 1. The Labute approximate surface area is 109 Å². The first-order valence-electron chi connectivity index (χ1n) is 6.94. The summed E-state index contributed by atoms with van der Waals surface area (Å²) in [4.78, 5) is 25.7. The lowest BCUT2D eigenvalue weighted by Gasteiger charge is -2.29. The molecule has 2 aliphatic carbocycles. The standard InChI is InChI=1S/C14H23NO3/c1-15(10-11-6-4-3-5-7-11)12(16)14(8-9-14)13(17)18-2/h11H,3-10H2,1-2H3. The molecule has 0 N–H and O–H groups in total. The summed E-state index contributed by atoms with van der Waals surface area (Å²) in [5, 5.41) is 0. The third-order valence-electron chi connectivity index (χ3n) is 4.34. The molecule has 0 aliphatic heterocycles. The molecule has 0 aromatic heterocycles. The van der Waals surface area contributed by atoms with E-state index in [0.29, 0.717) is 18.8 Å². The van der Waals surface area contributed by atoms with E-state index in [4.69, 9.17) is 4.74 Å². The van der Waals surface area contributed by atoms with E-state index in [0.717, 1.165) is 6.54 Å². The number of esters is 1. The molecule has 2 aliphatic rings. The molecule has 0 saturated heterocycles. The fraction of sp³-hybridized carbons (Fsp3) is 0.857. The summed E-state index contributed by atoms with van der Waals surface area (Å²) in [6, 6.07) is 0. The van der Waals surface area contributed by atoms with Crippen molar-refractivity contribution in [2.45, 2.75) is 44.9 Å². The minimum Gasteiger partial charge on any atom is -0.468 e. The van der Waals surface area contributed by atoms with Crippen LogP contribution < -0.4 is 0 Å². The van der Waals surface area contributed by atoms with Crippen molar-refractivity contribution >= 4 is 11.9 Å². The SMILES string of the molecule is COC(=O)C1(C(=O)N(C)CC2CCCCC2)CC1. The van der Waals surface area contributed by atoms with Crippen LogP contribution in [-0.2, 0) is 14.3 Å². The van der Waals surface area contributed by atoms with Gasteiger partial charge in [0, 0.05) is 13.6 Å². The van der Waals surface area contributed by atoms with Crippen molar-refractivity contribution in [3.63, 3.8) is 0 Å². The molecule has 18 heavy (non-hydrogen) atoms. The minimum atomic E-state index is -0.835. The van der Waals surface area contributed by atoms with E-state index in [2.05, 4.69) is 0 Å². The average Bonchev–Trinajstić information content (AvgIpc) is 3.19. The summed E-state index contributed by atoms with van der Waals surface area (Å²) >= 11 is 0. The molecule has 0 heterocycles. The quantitative estimate of drug-likeness (QED) is 0.568. The first kappa shape index (κ1) is 13.4. The highest BCUT2D eigenvalue weighted by Gasteiger charge is 2.58. The van der Waals surface area contributed by atoms with Crippen LogP contribution in [0.3, 0.4) is 0 Å². The van der Waals surface area contributed by atoms with Gasteiger partial charge >= 0.3 is 5.97 Å². The van der Waals surface area contributed by atoms with Crippen molar-refractivity contribution < 1.29 is 14.3 Å². The predicted molar refractivity (Wildman–Crippen MR) is 67.9 cm³/mol. The summed E-state index contributed by atoms with van der Waals surface area (Å²) in [7, 11) is 3.18. The van der Waals surface area contributed by atoms with E-state index in [-0.39, 0.29) is 11.9 Å². The molecule has 2 rings (SSSR count). The summed E-state index contributed by atoms with van der Waals surface area (Å²) in [6.07, 6.45) is 7.58. The first-order chi connectivity index (χ1) is 8.60. The highest BCUT2D eigenvalue weighted by molar-refractivity contribution is 6.05. The van der Waals surface area contributed by atoms with Gasteiger partial charge in [0.1, 0.15) is 5.41 Å². The number of methoxy groups -OCH3 is 1. The van der Waals surface area contributed by atoms with Crippen LogP contribution in [0, 0.1) is 11.3 Å². The van der Waals surface area contributed by atoms with Crippen LogP contribution in [0.1, 0.15) is 44.9 Å². The molecule has 0 atom stereocenters. The Morgan fingerprint density at radius 2 is 1.83 bits per heavy atom. The summed E-state index contributed by atoms with van der Waals surface area (Å²) in [6.45, 7) is 0.789. The van der Waals surface area contributed by atoms with Crippen LogP contribution >= 0.6 is 0 Å². The van der Waals surface area contributed by atoms with Gasteiger partial charge in [0.15, 0.2) is 0 Å². The predicted octanol–water partition coefficient (Wildman–Crippen LogP) is 1.98. The summed E-state index contributed by atoms with van der Waals surface area (Å²) in [5.41, 5.74) is -0.835. The van der Waals surface area contributed by atoms with Gasteiger partial charge in [-0.05, 0) is 31.6 Å². The number of rotatable bonds is 4. The lowest BCUT2D eigenvalue weighted by Crippen LogP contribution is -2.41. The van der Waals surface area contributed by atoms with Crippen molar-refractivity contribution in [1.29, 1.82) is 0 Å². The molecule has 0 aromatic carbocycles. The van der Waals surface area contributed by atoms with Crippen molar-refractivity contribution in [2.24, 2.45) is 11.3 Å². The Morgan fingerprint density at radius 3 is 2.33 bits per heavy atom. The molecule has 0 radical (unpaired) electrons. The molecular formula is C14H23NO3. The third-order valence-corrected chi connectivity index (χ3v) is 4.34. The van der Waals surface area contributed by atoms with Gasteiger partial charge in [-0.3, -0.25) is 9.59 Å². The maximum Gasteiger partial charge on any atom is 0.321 e. The van der Waals surface area contributed by atoms with Crippen LogP contribution in [0.25, 0.3) is 0 Å². The number of carbonyl (C=O) groups excluding carboxylic acids is 2. The van der Waals surface area contributed by atoms with Crippen LogP contribution in [0.15, 0.2) is 0 Å². The topological polar surface area (TPSA) is 46.6 Å². The summed E-state index contributed by atoms with van der Waals surface area (Å²) < 4.78 is 4.75. The molecule has 2 fully saturated rings. The Kier molecular flexibility index (Phi) is 3.93. The van der Waals surface area contributed by atoms with Gasteiger partial charge in [0.05, 0.1) is 7.11 Å². The summed E-state index contributed by atoms with van der Waals surface area (Å²) in [5.74, 6) is 0.212. The number of hydrogen-bond donors (Lipinski definition) is 0. The lowest BCUT2D eigenvalue weighted by molar-refractivity contribution is -0.155. The largest absolute Gasteiger partial charge is 0.468 e. The van der Waals surface area contributed by atoms with E-state index in [1.165, 1.54) is 39.2 Å². The lowest BCUT2D eigenvalue weighted by atomic mass is 9.88. The second kappa shape index (κ2) is 5.29. The first-order valence-corrected chi connectivity index (χ1v) is 6.94. The molecule has 0 aromatic rings. The van der Waals surface area contributed by atoms with Crippen molar-refractivity contribution in [1.82, 2.24) is 4.90 Å². The fourth-order valence-electron chi connectivity index (χ4n) is 3.03. The monoisotopic (exact) mass is 253 g/mol. The molecule has 1 amide bonds. The third kappa shape index (κ3) is 2.52. The molecule has 0 bridgehead atoms. The second-order valence-corrected chi connectivity index (χ2v) is 5.76. The van der Waals surface area contributed by atoms with E-state index < -0.39 is 5.41 Å². The Bertz CT molecular complexity index is 330. The van der Waals surface area contributed by atoms with Crippen molar-refractivity contribution in [3.05, 3.63) is 0 Å². The number of amides is 1. The van der Waals surface area contributed by atoms with Gasteiger partial charge in [-0.1, -0.05) is 19.3 Å². The number of nitrogens with zero attached hydrogens (tertiary/aromatic N) is 1. The Morgan fingerprint density at radius 1 is 1.22 bits per heavy atom. The normalized spacial score (nSPS) is 22.3. The van der Waals surface area contributed by atoms with E-state index in [1.807, 2.05) is 7.05 Å². The molecule has 4 nitrogen and oxygen atoms in total. The number of hydrogen-bond acceptors (Lipinski definition) is 3. The highest BCUT2D eigenvalue weighted by atomic mass is 16.5. The Hall–Kier alpha value is -1.06. The molecule has 4 heteroatoms. The van der Waals surface area contributed by atoms with Crippen LogP contribution in [0.2, 0.25) is 0 Å². The molecule has 102 valence electrons. The smallest absolute Gasteiger partial charge is 0.321 e. The van der Waals surface area contributed by atoms with Gasteiger partial charge in [-0.2, -0.15) is 0 Å². The van der Waals surface area contributed by atoms with Gasteiger partial charge in [-0.25, -0.2) is 0 Å². The zero-order chi connectivity index (χ0) is 13.2. The van der Waals surface area contributed by atoms with Gasteiger partial charge < -0.3 is 9.64 Å². The maximum atomic E-state index is 12.3. The van der Waals surface area contributed by atoms with Crippen LogP contribution in [0.4, 0.5) is 0 Å². The van der Waals surface area contributed by atoms with Gasteiger partial charge in [0.25, 0.3) is 0 Å². The molecular weight excluding hydrogens is 230 g/mol. The molecule has 0 unspecified atom stereocenters. The van der Waals surface area contributed by atoms with Gasteiger partial charge in [-0.15, -0.1) is 0 Å². The molecule has 2 saturated carbocycles. The minimum absolute atomic E-state index is 0.0417. The van der Waals surface area contributed by atoms with Crippen molar-refractivity contribution in [3.8, 4) is 0 Å². The zero-order valence-corrected chi connectivity index (χ0v) is 11.4. The fourth-order valence-corrected chi connectivity index (χ4v) is 3.03. The average molecular weight is 253 g/mol. The van der Waals surface area contributed by atoms with Crippen LogP contribution in [0.5, 0.6) is 0 Å². The van der Waals surface area contributed by atoms with E-state index in [1.54, 1.807) is 4.90 Å². The van der Waals surface area contributed by atoms with Crippen LogP contribution in [-0.4, -0.2) is 37.5 Å². The van der Waals surface area contributed by atoms with E-state index in [9.17, 15) is 9.59 Å². The van der Waals surface area contributed by atoms with Gasteiger partial charge in [0.2, 0.25) is 5.91 Å². The number of carbonyl (C=O) groups is 2. The maximum absolute atomic E-state index is 12.3.